The van der Waals surface area contributed by atoms with Gasteiger partial charge in [0.1, 0.15) is 0 Å². The molecule has 5 heteroatoms. The number of nitrogens with zero attached hydrogens (tertiary/aromatic N) is 1. The second kappa shape index (κ2) is 7.42. The molecule has 2 saturated heterocycles. The van der Waals surface area contributed by atoms with Gasteiger partial charge in [-0.15, -0.1) is 0 Å². The van der Waals surface area contributed by atoms with E-state index in [0.29, 0.717) is 6.54 Å². The molecule has 0 aromatic rings. The topological polar surface area (TPSA) is 58.6 Å². The number of piperidine rings is 1. The van der Waals surface area contributed by atoms with Gasteiger partial charge in [0.25, 0.3) is 0 Å². The fourth-order valence-electron chi connectivity index (χ4n) is 4.50. The van der Waals surface area contributed by atoms with Gasteiger partial charge >= 0.3 is 0 Å². The normalized spacial score (nSPS) is 30.0. The Hall–Kier alpha value is -1.10. The molecule has 5 nitrogen and oxygen atoms in total. The van der Waals surface area contributed by atoms with Crippen LogP contribution in [0.2, 0.25) is 0 Å². The van der Waals surface area contributed by atoms with Gasteiger partial charge in [-0.05, 0) is 50.9 Å². The van der Waals surface area contributed by atoms with Crippen molar-refractivity contribution in [1.82, 2.24) is 10.2 Å². The molecule has 3 rings (SSSR count). The van der Waals surface area contributed by atoms with Crippen molar-refractivity contribution < 1.29 is 14.3 Å². The van der Waals surface area contributed by atoms with E-state index in [1.807, 2.05) is 4.90 Å². The molecule has 3 atom stereocenters. The molecular formula is C19H32N2O3. The molecule has 2 aliphatic heterocycles. The molecule has 1 spiro atoms. The van der Waals surface area contributed by atoms with Crippen molar-refractivity contribution in [3.63, 3.8) is 0 Å². The summed E-state index contributed by atoms with van der Waals surface area (Å²) in [7, 11) is 0. The van der Waals surface area contributed by atoms with E-state index in [-0.39, 0.29) is 35.1 Å². The number of amides is 2. The van der Waals surface area contributed by atoms with Crippen molar-refractivity contribution in [2.24, 2.45) is 17.3 Å². The number of hydrogen-bond acceptors (Lipinski definition) is 3. The first-order valence-corrected chi connectivity index (χ1v) is 9.72. The first-order chi connectivity index (χ1) is 11.6. The summed E-state index contributed by atoms with van der Waals surface area (Å²) in [5.41, 5.74) is 0.222. The lowest BCUT2D eigenvalue weighted by Gasteiger charge is -2.34. The highest BCUT2D eigenvalue weighted by molar-refractivity contribution is 5.84. The molecular weight excluding hydrogens is 304 g/mol. The molecule has 0 unspecified atom stereocenters. The average molecular weight is 336 g/mol. The molecule has 1 N–H and O–H groups in total. The highest BCUT2D eigenvalue weighted by Gasteiger charge is 2.59. The van der Waals surface area contributed by atoms with Gasteiger partial charge in [-0.1, -0.05) is 13.3 Å². The number of carbonyl (C=O) groups is 2. The predicted molar refractivity (Wildman–Crippen MR) is 92.4 cm³/mol. The largest absolute Gasteiger partial charge is 0.381 e. The van der Waals surface area contributed by atoms with Crippen LogP contribution in [0.5, 0.6) is 0 Å². The van der Waals surface area contributed by atoms with E-state index in [1.165, 1.54) is 0 Å². The van der Waals surface area contributed by atoms with Crippen molar-refractivity contribution in [1.29, 1.82) is 0 Å². The van der Waals surface area contributed by atoms with Gasteiger partial charge in [0.15, 0.2) is 0 Å². The SMILES string of the molecule is CCC[C@H](C)NC(=O)[C@H]1CCCN(C(=O)[C@H]2CC23CCOCC3)C1. The van der Waals surface area contributed by atoms with Gasteiger partial charge in [0, 0.05) is 38.3 Å². The molecule has 3 fully saturated rings. The average Bonchev–Trinajstić information content (AvgIpc) is 3.28. The standard InChI is InChI=1S/C19H32N2O3/c1-3-5-14(2)20-17(22)15-6-4-9-21(13-15)18(23)16-12-19(16)7-10-24-11-8-19/h14-16H,3-13H2,1-2H3,(H,20,22)/t14-,15-,16+/m0/s1. The van der Waals surface area contributed by atoms with Crippen LogP contribution in [0.15, 0.2) is 0 Å². The van der Waals surface area contributed by atoms with Crippen molar-refractivity contribution in [3.8, 4) is 0 Å². The van der Waals surface area contributed by atoms with Gasteiger partial charge in [-0.2, -0.15) is 0 Å². The number of likely N-dealkylation sites (tertiary alicyclic amines) is 1. The highest BCUT2D eigenvalue weighted by atomic mass is 16.5. The van der Waals surface area contributed by atoms with Crippen molar-refractivity contribution in [3.05, 3.63) is 0 Å². The third-order valence-electron chi connectivity index (χ3n) is 6.19. The summed E-state index contributed by atoms with van der Waals surface area (Å²) in [6.07, 6.45) is 6.99. The molecule has 1 aliphatic carbocycles. The lowest BCUT2D eigenvalue weighted by atomic mass is 9.92. The number of nitrogens with one attached hydrogen (secondary N) is 1. The maximum atomic E-state index is 12.9. The first-order valence-electron chi connectivity index (χ1n) is 9.72. The van der Waals surface area contributed by atoms with Gasteiger partial charge in [-0.25, -0.2) is 0 Å². The van der Waals surface area contributed by atoms with Crippen LogP contribution in [0, 0.1) is 17.3 Å². The summed E-state index contributed by atoms with van der Waals surface area (Å²) in [4.78, 5) is 27.3. The lowest BCUT2D eigenvalue weighted by molar-refractivity contribution is -0.138. The first kappa shape index (κ1) is 17.7. The van der Waals surface area contributed by atoms with Crippen molar-refractivity contribution in [2.75, 3.05) is 26.3 Å². The summed E-state index contributed by atoms with van der Waals surface area (Å²) in [5.74, 6) is 0.564. The van der Waals surface area contributed by atoms with E-state index in [9.17, 15) is 9.59 Å². The zero-order chi connectivity index (χ0) is 17.2. The van der Waals surface area contributed by atoms with Gasteiger partial charge in [0.2, 0.25) is 11.8 Å². The van der Waals surface area contributed by atoms with E-state index < -0.39 is 0 Å². The van der Waals surface area contributed by atoms with Gasteiger partial charge in [0.05, 0.1) is 5.92 Å². The van der Waals surface area contributed by atoms with E-state index in [0.717, 1.165) is 64.7 Å². The van der Waals surface area contributed by atoms with Crippen LogP contribution in [0.4, 0.5) is 0 Å². The fraction of sp³-hybridized carbons (Fsp3) is 0.895. The van der Waals surface area contributed by atoms with Gasteiger partial charge in [-0.3, -0.25) is 9.59 Å². The Morgan fingerprint density at radius 1 is 1.33 bits per heavy atom. The van der Waals surface area contributed by atoms with Crippen LogP contribution in [0.3, 0.4) is 0 Å². The predicted octanol–water partition coefficient (Wildman–Crippen LogP) is 2.35. The quantitative estimate of drug-likeness (QED) is 0.838. The van der Waals surface area contributed by atoms with Crippen LogP contribution in [0.25, 0.3) is 0 Å². The molecule has 2 heterocycles. The molecule has 24 heavy (non-hydrogen) atoms. The summed E-state index contributed by atoms with van der Waals surface area (Å²) in [6.45, 7) is 7.20. The summed E-state index contributed by atoms with van der Waals surface area (Å²) >= 11 is 0. The third-order valence-corrected chi connectivity index (χ3v) is 6.19. The number of ether oxygens (including phenoxy) is 1. The molecule has 0 aromatic heterocycles. The Bertz CT molecular complexity index is 473. The van der Waals surface area contributed by atoms with E-state index in [1.54, 1.807) is 0 Å². The van der Waals surface area contributed by atoms with Crippen molar-refractivity contribution in [2.45, 2.75) is 64.8 Å². The maximum Gasteiger partial charge on any atom is 0.226 e. The van der Waals surface area contributed by atoms with Crippen LogP contribution in [0.1, 0.15) is 58.8 Å². The summed E-state index contributed by atoms with van der Waals surface area (Å²) < 4.78 is 5.45. The number of rotatable bonds is 5. The molecule has 0 aromatic carbocycles. The number of hydrogen-bond donors (Lipinski definition) is 1. The minimum Gasteiger partial charge on any atom is -0.381 e. The zero-order valence-corrected chi connectivity index (χ0v) is 15.2. The molecule has 1 saturated carbocycles. The van der Waals surface area contributed by atoms with E-state index in [4.69, 9.17) is 4.74 Å². The van der Waals surface area contributed by atoms with Crippen LogP contribution >= 0.6 is 0 Å². The minimum atomic E-state index is -0.0357. The van der Waals surface area contributed by atoms with Crippen LogP contribution < -0.4 is 5.32 Å². The monoisotopic (exact) mass is 336 g/mol. The van der Waals surface area contributed by atoms with Crippen molar-refractivity contribution >= 4 is 11.8 Å². The Balaban J connectivity index is 1.52. The highest BCUT2D eigenvalue weighted by Crippen LogP contribution is 2.59. The summed E-state index contributed by atoms with van der Waals surface area (Å²) in [6, 6.07) is 0.225. The third kappa shape index (κ3) is 3.76. The minimum absolute atomic E-state index is 0.0357. The maximum absolute atomic E-state index is 12.9. The zero-order valence-electron chi connectivity index (χ0n) is 15.2. The van der Waals surface area contributed by atoms with Gasteiger partial charge < -0.3 is 15.0 Å². The Morgan fingerprint density at radius 3 is 2.79 bits per heavy atom. The second-order valence-corrected chi connectivity index (χ2v) is 8.05. The molecule has 0 radical (unpaired) electrons. The van der Waals surface area contributed by atoms with Crippen LogP contribution in [-0.4, -0.2) is 49.1 Å². The fourth-order valence-corrected chi connectivity index (χ4v) is 4.50. The summed E-state index contributed by atoms with van der Waals surface area (Å²) in [5, 5.41) is 3.12. The van der Waals surface area contributed by atoms with E-state index in [2.05, 4.69) is 19.2 Å². The lowest BCUT2D eigenvalue weighted by Crippen LogP contribution is -2.48. The molecule has 0 bridgehead atoms. The Kier molecular flexibility index (Phi) is 5.48. The molecule has 136 valence electrons. The van der Waals surface area contributed by atoms with E-state index >= 15 is 0 Å². The smallest absolute Gasteiger partial charge is 0.226 e. The number of carbonyl (C=O) groups excluding carboxylic acids is 2. The Labute approximate surface area is 145 Å². The second-order valence-electron chi connectivity index (χ2n) is 8.05. The molecule has 3 aliphatic rings. The van der Waals surface area contributed by atoms with Crippen LogP contribution in [-0.2, 0) is 14.3 Å². The molecule has 2 amide bonds. The Morgan fingerprint density at radius 2 is 2.08 bits per heavy atom.